The summed E-state index contributed by atoms with van der Waals surface area (Å²) in [4.78, 5) is 8.28. The van der Waals surface area contributed by atoms with E-state index in [1.807, 2.05) is 36.7 Å². The van der Waals surface area contributed by atoms with Crippen LogP contribution in [-0.4, -0.2) is 9.97 Å². The van der Waals surface area contributed by atoms with Gasteiger partial charge in [-0.05, 0) is 23.1 Å². The van der Waals surface area contributed by atoms with E-state index in [2.05, 4.69) is 21.5 Å². The number of fused-ring (bicyclic) bond motifs is 1. The number of aromatic nitrogens is 2. The summed E-state index contributed by atoms with van der Waals surface area (Å²) in [7, 11) is 0. The first kappa shape index (κ1) is 13.0. The van der Waals surface area contributed by atoms with Crippen molar-refractivity contribution in [3.63, 3.8) is 0 Å². The Balaban J connectivity index is 2.17. The van der Waals surface area contributed by atoms with Gasteiger partial charge < -0.3 is 0 Å². The maximum Gasteiger partial charge on any atom is 0.129 e. The largest absolute Gasteiger partial charge is 0.271 e. The molecule has 0 saturated heterocycles. The average molecular weight is 285 g/mol. The van der Waals surface area contributed by atoms with Gasteiger partial charge in [-0.1, -0.05) is 35.9 Å². The van der Waals surface area contributed by atoms with E-state index in [-0.39, 0.29) is 6.04 Å². The van der Waals surface area contributed by atoms with E-state index in [1.54, 1.807) is 12.3 Å². The molecule has 20 heavy (non-hydrogen) atoms. The summed E-state index contributed by atoms with van der Waals surface area (Å²) in [6, 6.07) is 11.6. The Morgan fingerprint density at radius 1 is 1.15 bits per heavy atom. The zero-order chi connectivity index (χ0) is 13.9. The summed E-state index contributed by atoms with van der Waals surface area (Å²) >= 11 is 5.96. The number of pyridine rings is 2. The van der Waals surface area contributed by atoms with Crippen LogP contribution in [0.25, 0.3) is 10.8 Å². The fourth-order valence-corrected chi connectivity index (χ4v) is 2.51. The van der Waals surface area contributed by atoms with Gasteiger partial charge in [-0.3, -0.25) is 10.8 Å². The molecule has 0 fully saturated rings. The van der Waals surface area contributed by atoms with Crippen molar-refractivity contribution in [1.82, 2.24) is 15.4 Å². The predicted molar refractivity (Wildman–Crippen MR) is 80.2 cm³/mol. The zero-order valence-electron chi connectivity index (χ0n) is 10.6. The Kier molecular flexibility index (Phi) is 3.60. The van der Waals surface area contributed by atoms with Crippen LogP contribution >= 0.6 is 11.6 Å². The van der Waals surface area contributed by atoms with Crippen LogP contribution in [-0.2, 0) is 0 Å². The number of benzene rings is 1. The summed E-state index contributed by atoms with van der Waals surface area (Å²) in [5, 5.41) is 2.62. The number of nitrogens with two attached hydrogens (primary N) is 1. The van der Waals surface area contributed by atoms with Crippen molar-refractivity contribution in [3.8, 4) is 0 Å². The van der Waals surface area contributed by atoms with Gasteiger partial charge in [0.2, 0.25) is 0 Å². The third kappa shape index (κ3) is 2.36. The minimum Gasteiger partial charge on any atom is -0.271 e. The number of nitrogens with zero attached hydrogens (tertiary/aromatic N) is 2. The second-order valence-corrected chi connectivity index (χ2v) is 4.85. The Labute approximate surface area is 121 Å². The third-order valence-electron chi connectivity index (χ3n) is 3.26. The highest BCUT2D eigenvalue weighted by atomic mass is 35.5. The first-order valence-corrected chi connectivity index (χ1v) is 6.57. The molecule has 2 heterocycles. The lowest BCUT2D eigenvalue weighted by atomic mass is 9.97. The number of rotatable bonds is 3. The van der Waals surface area contributed by atoms with Crippen LogP contribution in [0.1, 0.15) is 17.2 Å². The number of hydrazine groups is 1. The topological polar surface area (TPSA) is 63.8 Å². The van der Waals surface area contributed by atoms with E-state index in [0.29, 0.717) is 5.15 Å². The summed E-state index contributed by atoms with van der Waals surface area (Å²) in [6.45, 7) is 0. The lowest BCUT2D eigenvalue weighted by Gasteiger charge is -2.18. The van der Waals surface area contributed by atoms with Crippen molar-refractivity contribution in [2.45, 2.75) is 6.04 Å². The quantitative estimate of drug-likeness (QED) is 0.441. The van der Waals surface area contributed by atoms with Crippen molar-refractivity contribution < 1.29 is 0 Å². The molecule has 0 aliphatic carbocycles. The SMILES string of the molecule is NNC(c1ccnc(Cl)c1)c1cncc2ccccc12. The molecule has 0 amide bonds. The van der Waals surface area contributed by atoms with Gasteiger partial charge in [0, 0.05) is 29.5 Å². The lowest BCUT2D eigenvalue weighted by Crippen LogP contribution is -2.29. The number of hydrogen-bond donors (Lipinski definition) is 2. The zero-order valence-corrected chi connectivity index (χ0v) is 11.4. The molecular weight excluding hydrogens is 272 g/mol. The third-order valence-corrected chi connectivity index (χ3v) is 3.47. The fraction of sp³-hybridized carbons (Fsp3) is 0.0667. The van der Waals surface area contributed by atoms with Crippen molar-refractivity contribution in [2.75, 3.05) is 0 Å². The molecule has 4 nitrogen and oxygen atoms in total. The summed E-state index contributed by atoms with van der Waals surface area (Å²) in [5.74, 6) is 5.74. The number of halogens is 1. The number of hydrogen-bond acceptors (Lipinski definition) is 4. The van der Waals surface area contributed by atoms with Gasteiger partial charge in [0.1, 0.15) is 5.15 Å². The predicted octanol–water partition coefficient (Wildman–Crippen LogP) is 2.84. The standard InChI is InChI=1S/C15H13ClN4/c16-14-7-10(5-6-19-14)15(20-17)13-9-18-8-11-3-1-2-4-12(11)13/h1-9,15,20H,17H2. The Bertz CT molecular complexity index is 739. The van der Waals surface area contributed by atoms with Gasteiger partial charge in [-0.15, -0.1) is 0 Å². The Morgan fingerprint density at radius 3 is 2.80 bits per heavy atom. The van der Waals surface area contributed by atoms with E-state index < -0.39 is 0 Å². The molecule has 3 N–H and O–H groups in total. The molecule has 0 saturated carbocycles. The Morgan fingerprint density at radius 2 is 2.00 bits per heavy atom. The normalized spacial score (nSPS) is 12.5. The smallest absolute Gasteiger partial charge is 0.129 e. The van der Waals surface area contributed by atoms with E-state index in [0.717, 1.165) is 21.9 Å². The van der Waals surface area contributed by atoms with E-state index in [9.17, 15) is 0 Å². The molecule has 0 spiro atoms. The maximum absolute atomic E-state index is 5.96. The van der Waals surface area contributed by atoms with Crippen molar-refractivity contribution in [3.05, 3.63) is 71.3 Å². The second-order valence-electron chi connectivity index (χ2n) is 4.46. The molecule has 5 heteroatoms. The molecule has 0 aliphatic rings. The van der Waals surface area contributed by atoms with Gasteiger partial charge in [0.15, 0.2) is 0 Å². The van der Waals surface area contributed by atoms with Crippen molar-refractivity contribution in [1.29, 1.82) is 0 Å². The van der Waals surface area contributed by atoms with E-state index in [4.69, 9.17) is 17.4 Å². The lowest BCUT2D eigenvalue weighted by molar-refractivity contribution is 0.638. The van der Waals surface area contributed by atoms with E-state index in [1.165, 1.54) is 0 Å². The van der Waals surface area contributed by atoms with Crippen LogP contribution in [0.4, 0.5) is 0 Å². The molecule has 1 unspecified atom stereocenters. The van der Waals surface area contributed by atoms with Crippen LogP contribution in [0.2, 0.25) is 5.15 Å². The molecule has 1 atom stereocenters. The highest BCUT2D eigenvalue weighted by molar-refractivity contribution is 6.29. The van der Waals surface area contributed by atoms with Crippen LogP contribution in [0.5, 0.6) is 0 Å². The minimum atomic E-state index is -0.186. The molecule has 0 aliphatic heterocycles. The molecule has 2 aromatic heterocycles. The first-order chi connectivity index (χ1) is 9.79. The molecule has 0 bridgehead atoms. The molecule has 0 radical (unpaired) electrons. The molecule has 3 rings (SSSR count). The fourth-order valence-electron chi connectivity index (χ4n) is 2.33. The molecule has 1 aromatic carbocycles. The average Bonchev–Trinajstić information content (AvgIpc) is 2.48. The van der Waals surface area contributed by atoms with Gasteiger partial charge >= 0.3 is 0 Å². The summed E-state index contributed by atoms with van der Waals surface area (Å²) in [6.07, 6.45) is 5.33. The molecular formula is C15H13ClN4. The van der Waals surface area contributed by atoms with Crippen molar-refractivity contribution in [2.24, 2.45) is 5.84 Å². The monoisotopic (exact) mass is 284 g/mol. The summed E-state index contributed by atoms with van der Waals surface area (Å²) in [5.41, 5.74) is 4.78. The molecule has 3 aromatic rings. The van der Waals surface area contributed by atoms with Gasteiger partial charge in [-0.2, -0.15) is 0 Å². The van der Waals surface area contributed by atoms with Gasteiger partial charge in [-0.25, -0.2) is 10.4 Å². The maximum atomic E-state index is 5.96. The molecule has 100 valence electrons. The second kappa shape index (κ2) is 5.54. The van der Waals surface area contributed by atoms with Gasteiger partial charge in [0.25, 0.3) is 0 Å². The van der Waals surface area contributed by atoms with Crippen LogP contribution in [0.3, 0.4) is 0 Å². The van der Waals surface area contributed by atoms with Crippen molar-refractivity contribution >= 4 is 22.4 Å². The number of nitrogens with one attached hydrogen (secondary N) is 1. The summed E-state index contributed by atoms with van der Waals surface area (Å²) < 4.78 is 0. The van der Waals surface area contributed by atoms with Gasteiger partial charge in [0.05, 0.1) is 6.04 Å². The highest BCUT2D eigenvalue weighted by Crippen LogP contribution is 2.28. The van der Waals surface area contributed by atoms with Crippen LogP contribution in [0.15, 0.2) is 55.0 Å². The Hall–Kier alpha value is -2.01. The van der Waals surface area contributed by atoms with Crippen LogP contribution < -0.4 is 11.3 Å². The highest BCUT2D eigenvalue weighted by Gasteiger charge is 2.16. The first-order valence-electron chi connectivity index (χ1n) is 6.20. The van der Waals surface area contributed by atoms with Crippen LogP contribution in [0, 0.1) is 0 Å². The minimum absolute atomic E-state index is 0.186. The van der Waals surface area contributed by atoms with E-state index >= 15 is 0 Å².